The molecule has 0 aliphatic carbocycles. The van der Waals surface area contributed by atoms with Crippen molar-refractivity contribution in [2.45, 2.75) is 6.42 Å². The van der Waals surface area contributed by atoms with Gasteiger partial charge in [0.25, 0.3) is 0 Å². The fourth-order valence-corrected chi connectivity index (χ4v) is 4.39. The van der Waals surface area contributed by atoms with E-state index in [1.165, 1.54) is 11.3 Å². The summed E-state index contributed by atoms with van der Waals surface area (Å²) < 4.78 is 2.70. The van der Waals surface area contributed by atoms with Crippen LogP contribution in [0.3, 0.4) is 0 Å². The molecule has 17 heavy (non-hydrogen) atoms. The predicted molar refractivity (Wildman–Crippen MR) is 79.7 cm³/mol. The summed E-state index contributed by atoms with van der Waals surface area (Å²) in [6.07, 6.45) is 2.01. The van der Waals surface area contributed by atoms with Crippen LogP contribution in [0.25, 0.3) is 0 Å². The maximum Gasteiger partial charge on any atom is 0.170 e. The predicted octanol–water partition coefficient (Wildman–Crippen LogP) is 4.86. The summed E-state index contributed by atoms with van der Waals surface area (Å²) in [7, 11) is 0. The first-order valence-electron chi connectivity index (χ1n) is 4.64. The molecular formula is C11H6Br3NOS. The molecule has 0 bridgehead atoms. The lowest BCUT2D eigenvalue weighted by molar-refractivity contribution is 0.0991. The molecule has 0 aliphatic rings. The van der Waals surface area contributed by atoms with E-state index >= 15 is 0 Å². The Balaban J connectivity index is 2.17. The van der Waals surface area contributed by atoms with E-state index in [-0.39, 0.29) is 5.78 Å². The Labute approximate surface area is 128 Å². The average molecular weight is 440 g/mol. The molecule has 0 saturated carbocycles. The van der Waals surface area contributed by atoms with E-state index in [0.29, 0.717) is 12.0 Å². The number of hydrogen-bond acceptors (Lipinski definition) is 3. The molecule has 6 heteroatoms. The van der Waals surface area contributed by atoms with Gasteiger partial charge in [-0.3, -0.25) is 9.78 Å². The van der Waals surface area contributed by atoms with E-state index in [1.807, 2.05) is 18.2 Å². The van der Waals surface area contributed by atoms with Crippen molar-refractivity contribution in [3.8, 4) is 0 Å². The minimum absolute atomic E-state index is 0.0636. The van der Waals surface area contributed by atoms with E-state index in [9.17, 15) is 4.79 Å². The topological polar surface area (TPSA) is 30.0 Å². The molecule has 2 aromatic rings. The average Bonchev–Trinajstić information content (AvgIpc) is 2.61. The molecule has 2 aromatic heterocycles. The fraction of sp³-hybridized carbons (Fsp3) is 0.0909. The van der Waals surface area contributed by atoms with Crippen LogP contribution in [-0.2, 0) is 6.42 Å². The highest BCUT2D eigenvalue weighted by molar-refractivity contribution is 9.12. The van der Waals surface area contributed by atoms with Crippen molar-refractivity contribution in [1.82, 2.24) is 4.98 Å². The Bertz CT molecular complexity index is 550. The highest BCUT2D eigenvalue weighted by Crippen LogP contribution is 2.32. The zero-order valence-electron chi connectivity index (χ0n) is 8.41. The molecule has 0 spiro atoms. The minimum Gasteiger partial charge on any atom is -0.294 e. The van der Waals surface area contributed by atoms with Gasteiger partial charge >= 0.3 is 0 Å². The van der Waals surface area contributed by atoms with Crippen molar-refractivity contribution in [2.75, 3.05) is 0 Å². The summed E-state index contributed by atoms with van der Waals surface area (Å²) in [4.78, 5) is 16.2. The highest BCUT2D eigenvalue weighted by atomic mass is 79.9. The van der Waals surface area contributed by atoms with Crippen LogP contribution < -0.4 is 0 Å². The second kappa shape index (κ2) is 5.73. The summed E-state index contributed by atoms with van der Waals surface area (Å²) in [6.45, 7) is 0. The van der Waals surface area contributed by atoms with Gasteiger partial charge in [0.2, 0.25) is 0 Å². The number of Topliss-reactive ketones (excluding diaryl/α,β-unsaturated/α-hetero) is 1. The molecule has 0 atom stereocenters. The minimum atomic E-state index is 0.0636. The third-order valence-electron chi connectivity index (χ3n) is 2.09. The van der Waals surface area contributed by atoms with Crippen molar-refractivity contribution in [3.63, 3.8) is 0 Å². The van der Waals surface area contributed by atoms with Gasteiger partial charge < -0.3 is 0 Å². The van der Waals surface area contributed by atoms with Gasteiger partial charge in [0.15, 0.2) is 5.78 Å². The molecule has 0 fully saturated rings. The maximum atomic E-state index is 12.0. The SMILES string of the molecule is O=C(Cc1ccc(Br)cn1)c1cc(Br)sc1Br. The molecule has 0 saturated heterocycles. The van der Waals surface area contributed by atoms with E-state index in [2.05, 4.69) is 52.8 Å². The highest BCUT2D eigenvalue weighted by Gasteiger charge is 2.14. The number of aromatic nitrogens is 1. The summed E-state index contributed by atoms with van der Waals surface area (Å²) >= 11 is 11.6. The summed E-state index contributed by atoms with van der Waals surface area (Å²) in [5.41, 5.74) is 1.47. The van der Waals surface area contributed by atoms with Gasteiger partial charge in [0, 0.05) is 21.9 Å². The van der Waals surface area contributed by atoms with Crippen LogP contribution in [0.5, 0.6) is 0 Å². The lowest BCUT2D eigenvalue weighted by Crippen LogP contribution is -2.04. The molecule has 2 nitrogen and oxygen atoms in total. The third-order valence-corrected chi connectivity index (χ3v) is 4.90. The number of halogens is 3. The normalized spacial score (nSPS) is 10.5. The lowest BCUT2D eigenvalue weighted by Gasteiger charge is -1.99. The van der Waals surface area contributed by atoms with E-state index in [1.54, 1.807) is 6.20 Å². The molecule has 0 aliphatic heterocycles. The Morgan fingerprint density at radius 1 is 1.29 bits per heavy atom. The molecule has 2 heterocycles. The van der Waals surface area contributed by atoms with Crippen LogP contribution in [0.1, 0.15) is 16.1 Å². The van der Waals surface area contributed by atoms with Crippen LogP contribution in [0, 0.1) is 0 Å². The van der Waals surface area contributed by atoms with Gasteiger partial charge in [-0.15, -0.1) is 11.3 Å². The quantitative estimate of drug-likeness (QED) is 0.639. The van der Waals surface area contributed by atoms with Crippen LogP contribution in [-0.4, -0.2) is 10.8 Å². The van der Waals surface area contributed by atoms with Gasteiger partial charge in [-0.05, 0) is 66.0 Å². The first kappa shape index (κ1) is 13.4. The molecule has 2 rings (SSSR count). The van der Waals surface area contributed by atoms with Crippen LogP contribution in [0.2, 0.25) is 0 Å². The Morgan fingerprint density at radius 3 is 2.59 bits per heavy atom. The van der Waals surface area contributed by atoms with E-state index in [0.717, 1.165) is 17.7 Å². The third kappa shape index (κ3) is 3.47. The summed E-state index contributed by atoms with van der Waals surface area (Å²) in [5, 5.41) is 0. The van der Waals surface area contributed by atoms with Crippen molar-refractivity contribution < 1.29 is 4.79 Å². The van der Waals surface area contributed by atoms with Crippen molar-refractivity contribution in [2.24, 2.45) is 0 Å². The Hall–Kier alpha value is -0.0400. The fourth-order valence-electron chi connectivity index (χ4n) is 1.30. The first-order chi connectivity index (χ1) is 8.06. The molecule has 0 unspecified atom stereocenters. The van der Waals surface area contributed by atoms with Crippen LogP contribution in [0.15, 0.2) is 36.4 Å². The Morgan fingerprint density at radius 2 is 2.06 bits per heavy atom. The molecule has 0 radical (unpaired) electrons. The van der Waals surface area contributed by atoms with Crippen molar-refractivity contribution in [1.29, 1.82) is 0 Å². The zero-order chi connectivity index (χ0) is 12.4. The number of carbonyl (C=O) groups excluding carboxylic acids is 1. The first-order valence-corrected chi connectivity index (χ1v) is 7.84. The molecule has 0 aromatic carbocycles. The van der Waals surface area contributed by atoms with Crippen molar-refractivity contribution in [3.05, 3.63) is 47.7 Å². The molecule has 0 amide bonds. The largest absolute Gasteiger partial charge is 0.294 e. The number of ketones is 1. The second-order valence-corrected chi connectivity index (χ2v) is 7.97. The lowest BCUT2D eigenvalue weighted by atomic mass is 10.1. The van der Waals surface area contributed by atoms with Gasteiger partial charge in [0.1, 0.15) is 0 Å². The van der Waals surface area contributed by atoms with Gasteiger partial charge in [0.05, 0.1) is 14.0 Å². The molecule has 88 valence electrons. The van der Waals surface area contributed by atoms with Crippen LogP contribution in [0.4, 0.5) is 0 Å². The van der Waals surface area contributed by atoms with E-state index < -0.39 is 0 Å². The number of thiophene rings is 1. The zero-order valence-corrected chi connectivity index (χ0v) is 14.0. The van der Waals surface area contributed by atoms with Crippen LogP contribution >= 0.6 is 59.1 Å². The number of carbonyl (C=O) groups is 1. The smallest absolute Gasteiger partial charge is 0.170 e. The molecule has 0 N–H and O–H groups in total. The second-order valence-electron chi connectivity index (χ2n) is 3.31. The van der Waals surface area contributed by atoms with Crippen molar-refractivity contribution >= 4 is 64.9 Å². The number of pyridine rings is 1. The number of hydrogen-bond donors (Lipinski definition) is 0. The van der Waals surface area contributed by atoms with Gasteiger partial charge in [-0.25, -0.2) is 0 Å². The maximum absolute atomic E-state index is 12.0. The monoisotopic (exact) mass is 437 g/mol. The summed E-state index contributed by atoms with van der Waals surface area (Å²) in [6, 6.07) is 5.56. The number of nitrogens with zero attached hydrogens (tertiary/aromatic N) is 1. The van der Waals surface area contributed by atoms with Gasteiger partial charge in [-0.2, -0.15) is 0 Å². The number of rotatable bonds is 3. The summed E-state index contributed by atoms with van der Waals surface area (Å²) in [5.74, 6) is 0.0636. The van der Waals surface area contributed by atoms with Gasteiger partial charge in [-0.1, -0.05) is 0 Å². The molecular weight excluding hydrogens is 434 g/mol. The Kier molecular flexibility index (Phi) is 4.52. The standard InChI is InChI=1S/C11H6Br3NOS/c12-6-1-2-7(15-5-6)3-9(16)8-4-10(13)17-11(8)14/h1-2,4-5H,3H2. The van der Waals surface area contributed by atoms with E-state index in [4.69, 9.17) is 0 Å².